The number of aryl methyl sites for hydroxylation is 2. The van der Waals surface area contributed by atoms with Gasteiger partial charge in [-0.3, -0.25) is 9.69 Å². The summed E-state index contributed by atoms with van der Waals surface area (Å²) in [4.78, 5) is 12.9. The molecule has 1 unspecified atom stereocenters. The molecule has 1 N–H and O–H groups in total. The van der Waals surface area contributed by atoms with Crippen molar-refractivity contribution in [2.75, 3.05) is 19.7 Å². The standard InChI is InChI=1S/C29H31ClFNO3/c1-19-8-10-23(13-20(19)2)26(22-5-3-6-25(30)15-22)7-4-12-35-28-11-9-21(14-27(28)31)16-32-17-24(18-32)29(33)34/h3,5-6,8-11,13-15,24,26H,4,7,12,16-18H2,1-2H3,(H,33,34). The van der Waals surface area contributed by atoms with Crippen LogP contribution in [0.25, 0.3) is 0 Å². The fourth-order valence-electron chi connectivity index (χ4n) is 4.57. The minimum absolute atomic E-state index is 0.176. The molecule has 1 atom stereocenters. The molecule has 0 saturated carbocycles. The van der Waals surface area contributed by atoms with E-state index in [1.807, 2.05) is 29.2 Å². The number of carbonyl (C=O) groups is 1. The number of rotatable bonds is 10. The van der Waals surface area contributed by atoms with Gasteiger partial charge in [0, 0.05) is 30.6 Å². The minimum Gasteiger partial charge on any atom is -0.491 e. The smallest absolute Gasteiger partial charge is 0.309 e. The van der Waals surface area contributed by atoms with E-state index >= 15 is 0 Å². The van der Waals surface area contributed by atoms with Crippen LogP contribution < -0.4 is 4.74 Å². The quantitative estimate of drug-likeness (QED) is 0.322. The summed E-state index contributed by atoms with van der Waals surface area (Å²) in [6.45, 7) is 6.18. The van der Waals surface area contributed by atoms with Crippen molar-refractivity contribution in [2.45, 2.75) is 39.2 Å². The van der Waals surface area contributed by atoms with Crippen LogP contribution in [0.5, 0.6) is 5.75 Å². The lowest BCUT2D eigenvalue weighted by atomic mass is 9.86. The molecule has 0 radical (unpaired) electrons. The van der Waals surface area contributed by atoms with E-state index in [4.69, 9.17) is 21.4 Å². The van der Waals surface area contributed by atoms with Crippen LogP contribution in [-0.2, 0) is 11.3 Å². The number of hydrogen-bond acceptors (Lipinski definition) is 3. The van der Waals surface area contributed by atoms with Gasteiger partial charge in [0.2, 0.25) is 0 Å². The van der Waals surface area contributed by atoms with Crippen LogP contribution in [0.15, 0.2) is 60.7 Å². The summed E-state index contributed by atoms with van der Waals surface area (Å²) < 4.78 is 20.4. The van der Waals surface area contributed by atoms with E-state index in [9.17, 15) is 9.18 Å². The number of carboxylic acid groups (broad SMARTS) is 1. The minimum atomic E-state index is -0.772. The van der Waals surface area contributed by atoms with E-state index in [1.54, 1.807) is 6.07 Å². The zero-order chi connectivity index (χ0) is 24.9. The van der Waals surface area contributed by atoms with Gasteiger partial charge in [-0.05, 0) is 78.8 Å². The predicted octanol–water partition coefficient (Wildman–Crippen LogP) is 6.60. The Morgan fingerprint density at radius 2 is 1.86 bits per heavy atom. The van der Waals surface area contributed by atoms with E-state index in [1.165, 1.54) is 22.8 Å². The summed E-state index contributed by atoms with van der Waals surface area (Å²) >= 11 is 6.27. The average molecular weight is 496 g/mol. The highest BCUT2D eigenvalue weighted by molar-refractivity contribution is 6.30. The van der Waals surface area contributed by atoms with Crippen LogP contribution >= 0.6 is 11.6 Å². The second-order valence-electron chi connectivity index (χ2n) is 9.44. The molecule has 0 bridgehead atoms. The monoisotopic (exact) mass is 495 g/mol. The Hall–Kier alpha value is -2.89. The van der Waals surface area contributed by atoms with Crippen LogP contribution in [0.2, 0.25) is 5.02 Å². The molecule has 35 heavy (non-hydrogen) atoms. The Bertz CT molecular complexity index is 1190. The van der Waals surface area contributed by atoms with Crippen molar-refractivity contribution in [3.8, 4) is 5.75 Å². The van der Waals surface area contributed by atoms with Crippen LogP contribution in [0, 0.1) is 25.6 Å². The summed E-state index contributed by atoms with van der Waals surface area (Å²) in [6.07, 6.45) is 1.61. The van der Waals surface area contributed by atoms with Crippen molar-refractivity contribution in [3.63, 3.8) is 0 Å². The normalized spacial score (nSPS) is 15.0. The van der Waals surface area contributed by atoms with Gasteiger partial charge in [0.05, 0.1) is 12.5 Å². The van der Waals surface area contributed by atoms with Gasteiger partial charge in [-0.2, -0.15) is 0 Å². The van der Waals surface area contributed by atoms with E-state index in [0.717, 1.165) is 24.0 Å². The van der Waals surface area contributed by atoms with Crippen molar-refractivity contribution in [2.24, 2.45) is 5.92 Å². The summed E-state index contributed by atoms with van der Waals surface area (Å²) in [5.74, 6) is -1.06. The van der Waals surface area contributed by atoms with Gasteiger partial charge in [-0.1, -0.05) is 48.0 Å². The van der Waals surface area contributed by atoms with Crippen LogP contribution in [0.1, 0.15) is 46.6 Å². The van der Waals surface area contributed by atoms with E-state index in [-0.39, 0.29) is 17.6 Å². The van der Waals surface area contributed by atoms with Gasteiger partial charge in [0.25, 0.3) is 0 Å². The fourth-order valence-corrected chi connectivity index (χ4v) is 4.77. The molecule has 0 amide bonds. The Labute approximate surface area is 211 Å². The molecule has 1 heterocycles. The van der Waals surface area contributed by atoms with Crippen molar-refractivity contribution in [1.29, 1.82) is 0 Å². The Morgan fingerprint density at radius 3 is 2.54 bits per heavy atom. The lowest BCUT2D eigenvalue weighted by Gasteiger charge is -2.36. The molecule has 3 aromatic carbocycles. The average Bonchev–Trinajstić information content (AvgIpc) is 2.79. The predicted molar refractivity (Wildman–Crippen MR) is 137 cm³/mol. The van der Waals surface area contributed by atoms with Gasteiger partial charge in [-0.25, -0.2) is 4.39 Å². The topological polar surface area (TPSA) is 49.8 Å². The first kappa shape index (κ1) is 25.2. The molecule has 0 aliphatic carbocycles. The first-order chi connectivity index (χ1) is 16.8. The molecule has 0 aromatic heterocycles. The second kappa shape index (κ2) is 11.2. The Balaban J connectivity index is 1.35. The first-order valence-electron chi connectivity index (χ1n) is 12.0. The molecular weight excluding hydrogens is 465 g/mol. The zero-order valence-electron chi connectivity index (χ0n) is 20.1. The number of halogens is 2. The van der Waals surface area contributed by atoms with Crippen LogP contribution in [-0.4, -0.2) is 35.7 Å². The molecule has 1 saturated heterocycles. The van der Waals surface area contributed by atoms with Crippen LogP contribution in [0.4, 0.5) is 4.39 Å². The summed E-state index contributed by atoms with van der Waals surface area (Å²) in [5.41, 5.74) is 5.73. The number of aliphatic carboxylic acids is 1. The maximum absolute atomic E-state index is 14.6. The zero-order valence-corrected chi connectivity index (χ0v) is 20.9. The fraction of sp³-hybridized carbons (Fsp3) is 0.345. The highest BCUT2D eigenvalue weighted by Gasteiger charge is 2.32. The highest BCUT2D eigenvalue weighted by Crippen LogP contribution is 2.32. The number of nitrogens with zero attached hydrogens (tertiary/aromatic N) is 1. The number of hydrogen-bond donors (Lipinski definition) is 1. The molecule has 0 spiro atoms. The highest BCUT2D eigenvalue weighted by atomic mass is 35.5. The van der Waals surface area contributed by atoms with E-state index in [2.05, 4.69) is 38.1 Å². The molecule has 1 aliphatic rings. The summed E-state index contributed by atoms with van der Waals surface area (Å²) in [5, 5.41) is 9.70. The molecule has 4 nitrogen and oxygen atoms in total. The van der Waals surface area contributed by atoms with Gasteiger partial charge in [0.1, 0.15) is 0 Å². The van der Waals surface area contributed by atoms with E-state index < -0.39 is 11.8 Å². The summed E-state index contributed by atoms with van der Waals surface area (Å²) in [7, 11) is 0. The van der Waals surface area contributed by atoms with Gasteiger partial charge in [-0.15, -0.1) is 0 Å². The summed E-state index contributed by atoms with van der Waals surface area (Å²) in [6, 6.07) is 19.5. The third-order valence-corrected chi connectivity index (χ3v) is 7.02. The van der Waals surface area contributed by atoms with E-state index in [0.29, 0.717) is 31.3 Å². The maximum Gasteiger partial charge on any atom is 0.309 e. The second-order valence-corrected chi connectivity index (χ2v) is 9.87. The van der Waals surface area contributed by atoms with Crippen LogP contribution in [0.3, 0.4) is 0 Å². The molecular formula is C29H31ClFNO3. The van der Waals surface area contributed by atoms with Crippen molar-refractivity contribution in [1.82, 2.24) is 4.90 Å². The lowest BCUT2D eigenvalue weighted by molar-refractivity contribution is -0.147. The van der Waals surface area contributed by atoms with Crippen molar-refractivity contribution in [3.05, 3.63) is 99.3 Å². The Morgan fingerprint density at radius 1 is 1.09 bits per heavy atom. The lowest BCUT2D eigenvalue weighted by Crippen LogP contribution is -2.49. The first-order valence-corrected chi connectivity index (χ1v) is 12.4. The number of ether oxygens (including phenoxy) is 1. The van der Waals surface area contributed by atoms with Gasteiger partial charge < -0.3 is 9.84 Å². The maximum atomic E-state index is 14.6. The molecule has 1 aliphatic heterocycles. The van der Waals surface area contributed by atoms with Crippen molar-refractivity contribution < 1.29 is 19.0 Å². The number of carboxylic acids is 1. The number of likely N-dealkylation sites (tertiary alicyclic amines) is 1. The molecule has 184 valence electrons. The third-order valence-electron chi connectivity index (χ3n) is 6.79. The molecule has 1 fully saturated rings. The molecule has 4 rings (SSSR count). The SMILES string of the molecule is Cc1ccc(C(CCCOc2ccc(CN3CC(C(=O)O)C3)cc2F)c2cccc(Cl)c2)cc1C. The largest absolute Gasteiger partial charge is 0.491 e. The number of benzene rings is 3. The van der Waals surface area contributed by atoms with Gasteiger partial charge >= 0.3 is 5.97 Å². The molecule has 3 aromatic rings. The van der Waals surface area contributed by atoms with Crippen molar-refractivity contribution >= 4 is 17.6 Å². The van der Waals surface area contributed by atoms with Gasteiger partial charge in [0.15, 0.2) is 11.6 Å². The third kappa shape index (κ3) is 6.41. The molecule has 6 heteroatoms. The Kier molecular flexibility index (Phi) is 8.09.